The van der Waals surface area contributed by atoms with Crippen molar-refractivity contribution in [1.82, 2.24) is 37.4 Å². The summed E-state index contributed by atoms with van der Waals surface area (Å²) >= 11 is 0. The Morgan fingerprint density at radius 3 is 1.21 bits per heavy atom. The highest BCUT2D eigenvalue weighted by Gasteiger charge is 2.18. The monoisotopic (exact) mass is 470 g/mol. The molecule has 0 amide bonds. The number of nitrogens with zero attached hydrogens (tertiary/aromatic N) is 8. The van der Waals surface area contributed by atoms with E-state index in [9.17, 15) is 19.2 Å². The minimum absolute atomic E-state index is 0.339. The van der Waals surface area contributed by atoms with Gasteiger partial charge in [-0.1, -0.05) is 12.8 Å². The average Bonchev–Trinajstić information content (AvgIpc) is 3.32. The molecule has 4 aromatic rings. The molecule has 34 heavy (non-hydrogen) atoms. The predicted octanol–water partition coefficient (Wildman–Crippen LogP) is -0.400. The van der Waals surface area contributed by atoms with Gasteiger partial charge in [0, 0.05) is 55.1 Å². The molecule has 0 spiro atoms. The fraction of sp³-hybridized carbons (Fsp3) is 0.545. The van der Waals surface area contributed by atoms with Gasteiger partial charge < -0.3 is 9.13 Å². The Morgan fingerprint density at radius 2 is 0.853 bits per heavy atom. The lowest BCUT2D eigenvalue weighted by atomic mass is 10.1. The van der Waals surface area contributed by atoms with Crippen molar-refractivity contribution in [2.75, 3.05) is 0 Å². The summed E-state index contributed by atoms with van der Waals surface area (Å²) < 4.78 is 8.56. The van der Waals surface area contributed by atoms with Gasteiger partial charge in [0.15, 0.2) is 22.3 Å². The van der Waals surface area contributed by atoms with Crippen molar-refractivity contribution >= 4 is 22.3 Å². The van der Waals surface area contributed by atoms with Crippen LogP contribution < -0.4 is 22.5 Å². The van der Waals surface area contributed by atoms with E-state index >= 15 is 0 Å². The van der Waals surface area contributed by atoms with Crippen LogP contribution in [0.15, 0.2) is 19.2 Å². The highest BCUT2D eigenvalue weighted by atomic mass is 16.2. The molecule has 0 saturated heterocycles. The zero-order valence-corrected chi connectivity index (χ0v) is 20.5. The van der Waals surface area contributed by atoms with Crippen molar-refractivity contribution < 1.29 is 0 Å². The zero-order valence-electron chi connectivity index (χ0n) is 20.5. The number of hydrogen-bond acceptors (Lipinski definition) is 6. The standard InChI is InChI=1S/C22H30N8O4/c1-25-13(23-17-15(25)19(31)29(5)21(33)27(17)3)11-9-7-8-10-12-14-24-18-16(26(14)2)20(32)30(6)22(34)28(18)4/h7-12H2,1-6H3. The van der Waals surface area contributed by atoms with Crippen molar-refractivity contribution in [3.05, 3.63) is 53.3 Å². The molecule has 0 unspecified atom stereocenters. The number of hydrogen-bond donors (Lipinski definition) is 0. The molecule has 0 N–H and O–H groups in total. The fourth-order valence-electron chi connectivity index (χ4n) is 4.49. The minimum atomic E-state index is -0.387. The van der Waals surface area contributed by atoms with Gasteiger partial charge in [-0.2, -0.15) is 0 Å². The topological polar surface area (TPSA) is 124 Å². The Balaban J connectivity index is 1.40. The Hall–Kier alpha value is -3.70. The fourth-order valence-corrected chi connectivity index (χ4v) is 4.49. The molecule has 12 nitrogen and oxygen atoms in total. The molecule has 12 heteroatoms. The molecular formula is C22H30N8O4. The van der Waals surface area contributed by atoms with Crippen LogP contribution in [-0.4, -0.2) is 37.4 Å². The van der Waals surface area contributed by atoms with Gasteiger partial charge in [-0.25, -0.2) is 19.6 Å². The van der Waals surface area contributed by atoms with Crippen LogP contribution in [0.4, 0.5) is 0 Å². The Bertz CT molecular complexity index is 1530. The van der Waals surface area contributed by atoms with E-state index in [0.29, 0.717) is 35.2 Å². The third-order valence-corrected chi connectivity index (χ3v) is 6.69. The maximum absolute atomic E-state index is 12.5. The van der Waals surface area contributed by atoms with E-state index in [1.807, 2.05) is 0 Å². The van der Waals surface area contributed by atoms with Gasteiger partial charge in [0.05, 0.1) is 0 Å². The van der Waals surface area contributed by atoms with Gasteiger partial charge in [0.1, 0.15) is 11.6 Å². The van der Waals surface area contributed by atoms with Crippen LogP contribution >= 0.6 is 0 Å². The maximum Gasteiger partial charge on any atom is 0.332 e. The largest absolute Gasteiger partial charge is 0.332 e. The second-order valence-electron chi connectivity index (χ2n) is 8.84. The molecule has 4 heterocycles. The van der Waals surface area contributed by atoms with Gasteiger partial charge in [-0.3, -0.25) is 27.9 Å². The lowest BCUT2D eigenvalue weighted by Crippen LogP contribution is -2.37. The molecule has 0 aliphatic rings. The van der Waals surface area contributed by atoms with Crippen LogP contribution in [0.1, 0.15) is 37.3 Å². The van der Waals surface area contributed by atoms with Crippen molar-refractivity contribution in [3.63, 3.8) is 0 Å². The molecule has 182 valence electrons. The Labute approximate surface area is 194 Å². The van der Waals surface area contributed by atoms with Crippen LogP contribution in [0.2, 0.25) is 0 Å². The maximum atomic E-state index is 12.5. The normalized spacial score (nSPS) is 11.8. The summed E-state index contributed by atoms with van der Waals surface area (Å²) in [6, 6.07) is 0. The van der Waals surface area contributed by atoms with Crippen molar-refractivity contribution in [3.8, 4) is 0 Å². The number of imidazole rings is 2. The molecule has 0 atom stereocenters. The second-order valence-corrected chi connectivity index (χ2v) is 8.84. The average molecular weight is 471 g/mol. The molecule has 4 aromatic heterocycles. The molecule has 0 aliphatic heterocycles. The Morgan fingerprint density at radius 1 is 0.500 bits per heavy atom. The molecule has 0 bridgehead atoms. The first-order chi connectivity index (χ1) is 16.1. The van der Waals surface area contributed by atoms with E-state index in [-0.39, 0.29) is 22.5 Å². The van der Waals surface area contributed by atoms with Gasteiger partial charge in [-0.15, -0.1) is 0 Å². The summed E-state index contributed by atoms with van der Waals surface area (Å²) in [5, 5.41) is 0. The highest BCUT2D eigenvalue weighted by Crippen LogP contribution is 2.15. The number of unbranched alkanes of at least 4 members (excludes halogenated alkanes) is 3. The van der Waals surface area contributed by atoms with Crippen LogP contribution in [0.3, 0.4) is 0 Å². The van der Waals surface area contributed by atoms with Crippen molar-refractivity contribution in [1.29, 1.82) is 0 Å². The number of fused-ring (bicyclic) bond motifs is 2. The summed E-state index contributed by atoms with van der Waals surface area (Å²) in [5.41, 5.74) is 0.234. The molecular weight excluding hydrogens is 440 g/mol. The van der Waals surface area contributed by atoms with Gasteiger partial charge in [0.2, 0.25) is 0 Å². The van der Waals surface area contributed by atoms with Gasteiger partial charge in [-0.05, 0) is 12.8 Å². The van der Waals surface area contributed by atoms with E-state index in [4.69, 9.17) is 0 Å². The molecule has 0 fully saturated rings. The first kappa shape index (κ1) is 23.5. The van der Waals surface area contributed by atoms with Gasteiger partial charge >= 0.3 is 11.4 Å². The molecule has 0 radical (unpaired) electrons. The third-order valence-electron chi connectivity index (χ3n) is 6.69. The van der Waals surface area contributed by atoms with E-state index in [0.717, 1.165) is 46.5 Å². The predicted molar refractivity (Wildman–Crippen MR) is 128 cm³/mol. The summed E-state index contributed by atoms with van der Waals surface area (Å²) in [6.45, 7) is 0. The number of aryl methyl sites for hydroxylation is 6. The summed E-state index contributed by atoms with van der Waals surface area (Å²) in [5.74, 6) is 1.56. The third kappa shape index (κ3) is 3.53. The first-order valence-corrected chi connectivity index (χ1v) is 11.3. The Kier molecular flexibility index (Phi) is 5.92. The lowest BCUT2D eigenvalue weighted by molar-refractivity contribution is 0.608. The quantitative estimate of drug-likeness (QED) is 0.339. The summed E-state index contributed by atoms with van der Waals surface area (Å²) in [6.07, 6.45) is 5.11. The van der Waals surface area contributed by atoms with E-state index in [2.05, 4.69) is 9.97 Å². The SMILES string of the molecule is Cn1c(=O)c2c(nc(CCCCCCc3nc4c(c(=O)n(C)c(=O)n4C)n3C)n2C)n(C)c1=O. The number of rotatable bonds is 7. The van der Waals surface area contributed by atoms with Crippen LogP contribution in [0.25, 0.3) is 22.3 Å². The molecule has 4 rings (SSSR count). The summed E-state index contributed by atoms with van der Waals surface area (Å²) in [4.78, 5) is 58.4. The van der Waals surface area contributed by atoms with E-state index in [1.54, 1.807) is 37.3 Å². The molecule has 0 aromatic carbocycles. The van der Waals surface area contributed by atoms with Crippen LogP contribution in [-0.2, 0) is 55.1 Å². The minimum Gasteiger partial charge on any atom is -0.325 e. The van der Waals surface area contributed by atoms with Crippen LogP contribution in [0, 0.1) is 0 Å². The highest BCUT2D eigenvalue weighted by molar-refractivity contribution is 5.71. The van der Waals surface area contributed by atoms with Crippen molar-refractivity contribution in [2.24, 2.45) is 42.3 Å². The second kappa shape index (κ2) is 8.58. The van der Waals surface area contributed by atoms with Gasteiger partial charge in [0.25, 0.3) is 11.1 Å². The lowest BCUT2D eigenvalue weighted by Gasteiger charge is -2.05. The number of aromatic nitrogens is 8. The van der Waals surface area contributed by atoms with E-state index in [1.165, 1.54) is 23.2 Å². The van der Waals surface area contributed by atoms with E-state index < -0.39 is 0 Å². The van der Waals surface area contributed by atoms with Crippen LogP contribution in [0.5, 0.6) is 0 Å². The van der Waals surface area contributed by atoms with Crippen molar-refractivity contribution in [2.45, 2.75) is 38.5 Å². The summed E-state index contributed by atoms with van der Waals surface area (Å²) in [7, 11) is 9.79. The molecule has 0 aliphatic carbocycles. The first-order valence-electron chi connectivity index (χ1n) is 11.3. The smallest absolute Gasteiger partial charge is 0.325 e. The molecule has 0 saturated carbocycles. The zero-order chi connectivity index (χ0) is 24.9.